The Bertz CT molecular complexity index is 276. The monoisotopic (exact) mass is 240 g/mol. The molecule has 2 amide bonds. The number of amides is 2. The normalized spacial score (nSPS) is 9.76. The topological polar surface area (TPSA) is 58.2 Å². The number of nitrogens with one attached hydrogen (secondary N) is 2. The maximum atomic E-state index is 10.6. The average molecular weight is 240 g/mol. The van der Waals surface area contributed by atoms with Gasteiger partial charge in [-0.05, 0) is 46.8 Å². The van der Waals surface area contributed by atoms with Crippen molar-refractivity contribution < 1.29 is 9.59 Å². The van der Waals surface area contributed by atoms with Crippen LogP contribution in [0.4, 0.5) is 0 Å². The van der Waals surface area contributed by atoms with E-state index in [1.54, 1.807) is 0 Å². The Morgan fingerprint density at radius 3 is 1.59 bits per heavy atom. The first-order valence-corrected chi connectivity index (χ1v) is 5.50. The second-order valence-electron chi connectivity index (χ2n) is 4.81. The van der Waals surface area contributed by atoms with E-state index in [0.29, 0.717) is 0 Å². The Hall–Kier alpha value is -1.58. The zero-order chi connectivity index (χ0) is 14.1. The summed E-state index contributed by atoms with van der Waals surface area (Å²) >= 11 is 0. The van der Waals surface area contributed by atoms with Gasteiger partial charge in [-0.1, -0.05) is 13.2 Å². The Balaban J connectivity index is 0. The van der Waals surface area contributed by atoms with E-state index < -0.39 is 0 Å². The molecule has 0 bridgehead atoms. The first-order chi connectivity index (χ1) is 7.62. The van der Waals surface area contributed by atoms with Crippen molar-refractivity contribution in [2.24, 2.45) is 0 Å². The summed E-state index contributed by atoms with van der Waals surface area (Å²) in [7, 11) is 0. The minimum Gasteiger partial charge on any atom is -0.350 e. The predicted molar refractivity (Wildman–Crippen MR) is 71.6 cm³/mol. The molecule has 0 atom stereocenters. The van der Waals surface area contributed by atoms with Gasteiger partial charge in [-0.25, -0.2) is 0 Å². The molecule has 4 heteroatoms. The standard InChI is InChI=1S/C7H13NO.C6H11NO/c1-5-6(9)8-7(2,3)4;1-4-6(8)7-5(2)3/h5H,1H2,2-4H3,(H,8,9);4-5H,1H2,2-3H3,(H,7,8). The molecule has 17 heavy (non-hydrogen) atoms. The molecule has 0 spiro atoms. The molecule has 0 fully saturated rings. The third kappa shape index (κ3) is 17.1. The lowest BCUT2D eigenvalue weighted by molar-refractivity contribution is -0.118. The van der Waals surface area contributed by atoms with Crippen LogP contribution in [0.5, 0.6) is 0 Å². The minimum absolute atomic E-state index is 0.111. The van der Waals surface area contributed by atoms with Crippen LogP contribution in [0.1, 0.15) is 34.6 Å². The Morgan fingerprint density at radius 2 is 1.47 bits per heavy atom. The molecular weight excluding hydrogens is 216 g/mol. The van der Waals surface area contributed by atoms with E-state index in [0.717, 1.165) is 0 Å². The fraction of sp³-hybridized carbons (Fsp3) is 0.538. The molecule has 4 nitrogen and oxygen atoms in total. The van der Waals surface area contributed by atoms with Gasteiger partial charge in [0.2, 0.25) is 11.8 Å². The van der Waals surface area contributed by atoms with Crippen LogP contribution in [0, 0.1) is 0 Å². The SMILES string of the molecule is C=CC(=O)NC(C)(C)C.C=CC(=O)NC(C)C. The van der Waals surface area contributed by atoms with E-state index in [1.165, 1.54) is 12.2 Å². The molecule has 0 unspecified atom stereocenters. The minimum atomic E-state index is -0.148. The quantitative estimate of drug-likeness (QED) is 0.739. The number of carbonyl (C=O) groups excluding carboxylic acids is 2. The summed E-state index contributed by atoms with van der Waals surface area (Å²) in [5.74, 6) is -0.234. The van der Waals surface area contributed by atoms with Crippen molar-refractivity contribution in [1.29, 1.82) is 0 Å². The summed E-state index contributed by atoms with van der Waals surface area (Å²) in [5.41, 5.74) is -0.148. The fourth-order valence-corrected chi connectivity index (χ4v) is 0.764. The Morgan fingerprint density at radius 1 is 1.06 bits per heavy atom. The second-order valence-corrected chi connectivity index (χ2v) is 4.81. The van der Waals surface area contributed by atoms with Gasteiger partial charge in [0.05, 0.1) is 0 Å². The first-order valence-electron chi connectivity index (χ1n) is 5.50. The molecule has 0 aromatic rings. The number of hydrogen-bond acceptors (Lipinski definition) is 2. The molecule has 98 valence electrons. The summed E-state index contributed by atoms with van der Waals surface area (Å²) in [4.78, 5) is 21.0. The lowest BCUT2D eigenvalue weighted by Gasteiger charge is -2.18. The van der Waals surface area contributed by atoms with Crippen LogP contribution in [-0.2, 0) is 9.59 Å². The van der Waals surface area contributed by atoms with Crippen LogP contribution in [0.25, 0.3) is 0 Å². The third-order valence-corrected chi connectivity index (χ3v) is 1.30. The van der Waals surface area contributed by atoms with Crippen molar-refractivity contribution in [3.05, 3.63) is 25.3 Å². The molecule has 0 heterocycles. The zero-order valence-corrected chi connectivity index (χ0v) is 11.5. The van der Waals surface area contributed by atoms with Crippen molar-refractivity contribution in [1.82, 2.24) is 10.6 Å². The van der Waals surface area contributed by atoms with E-state index >= 15 is 0 Å². The fourth-order valence-electron chi connectivity index (χ4n) is 0.764. The third-order valence-electron chi connectivity index (χ3n) is 1.30. The Labute approximate surface area is 104 Å². The van der Waals surface area contributed by atoms with Crippen molar-refractivity contribution in [2.45, 2.75) is 46.2 Å². The molecule has 0 aromatic heterocycles. The number of carbonyl (C=O) groups is 2. The van der Waals surface area contributed by atoms with Crippen LogP contribution in [-0.4, -0.2) is 23.4 Å². The van der Waals surface area contributed by atoms with Gasteiger partial charge in [-0.2, -0.15) is 0 Å². The highest BCUT2D eigenvalue weighted by Crippen LogP contribution is 1.97. The highest BCUT2D eigenvalue weighted by molar-refractivity contribution is 5.87. The van der Waals surface area contributed by atoms with E-state index in [9.17, 15) is 9.59 Å². The van der Waals surface area contributed by atoms with E-state index in [1.807, 2.05) is 34.6 Å². The molecule has 2 N–H and O–H groups in total. The summed E-state index contributed by atoms with van der Waals surface area (Å²) < 4.78 is 0. The predicted octanol–water partition coefficient (Wildman–Crippen LogP) is 1.78. The van der Waals surface area contributed by atoms with Crippen LogP contribution in [0.3, 0.4) is 0 Å². The summed E-state index contributed by atoms with van der Waals surface area (Å²) in [6.07, 6.45) is 2.53. The van der Waals surface area contributed by atoms with Gasteiger partial charge in [0.25, 0.3) is 0 Å². The Kier molecular flexibility index (Phi) is 8.96. The van der Waals surface area contributed by atoms with Gasteiger partial charge in [0, 0.05) is 11.6 Å². The van der Waals surface area contributed by atoms with Gasteiger partial charge in [0.1, 0.15) is 0 Å². The molecule has 0 saturated heterocycles. The van der Waals surface area contributed by atoms with Crippen molar-refractivity contribution in [3.8, 4) is 0 Å². The van der Waals surface area contributed by atoms with E-state index in [-0.39, 0.29) is 23.4 Å². The van der Waals surface area contributed by atoms with Crippen LogP contribution in [0.2, 0.25) is 0 Å². The second kappa shape index (κ2) is 8.56. The van der Waals surface area contributed by atoms with Gasteiger partial charge < -0.3 is 10.6 Å². The molecule has 0 aliphatic rings. The highest BCUT2D eigenvalue weighted by atomic mass is 16.2. The van der Waals surface area contributed by atoms with Crippen molar-refractivity contribution in [3.63, 3.8) is 0 Å². The zero-order valence-electron chi connectivity index (χ0n) is 11.5. The molecule has 0 radical (unpaired) electrons. The van der Waals surface area contributed by atoms with Gasteiger partial charge in [-0.3, -0.25) is 9.59 Å². The summed E-state index contributed by atoms with van der Waals surface area (Å²) in [6.45, 7) is 16.2. The maximum Gasteiger partial charge on any atom is 0.243 e. The molecule has 0 aliphatic carbocycles. The summed E-state index contributed by atoms with van der Waals surface area (Å²) in [6, 6.07) is 0.209. The number of rotatable bonds is 3. The largest absolute Gasteiger partial charge is 0.350 e. The van der Waals surface area contributed by atoms with E-state index in [4.69, 9.17) is 0 Å². The average Bonchev–Trinajstić information content (AvgIpc) is 2.15. The van der Waals surface area contributed by atoms with Crippen molar-refractivity contribution >= 4 is 11.8 Å². The smallest absolute Gasteiger partial charge is 0.243 e. The van der Waals surface area contributed by atoms with Gasteiger partial charge in [0.15, 0.2) is 0 Å². The molecular formula is C13H24N2O2. The highest BCUT2D eigenvalue weighted by Gasteiger charge is 2.10. The molecule has 0 aliphatic heterocycles. The lowest BCUT2D eigenvalue weighted by atomic mass is 10.1. The van der Waals surface area contributed by atoms with Gasteiger partial charge >= 0.3 is 0 Å². The maximum absolute atomic E-state index is 10.6. The first kappa shape index (κ1) is 17.8. The van der Waals surface area contributed by atoms with E-state index in [2.05, 4.69) is 23.8 Å². The molecule has 0 saturated carbocycles. The van der Waals surface area contributed by atoms with Gasteiger partial charge in [-0.15, -0.1) is 0 Å². The van der Waals surface area contributed by atoms with Crippen LogP contribution >= 0.6 is 0 Å². The molecule has 0 aromatic carbocycles. The van der Waals surface area contributed by atoms with Crippen LogP contribution < -0.4 is 10.6 Å². The molecule has 0 rings (SSSR count). The number of hydrogen-bond donors (Lipinski definition) is 2. The lowest BCUT2D eigenvalue weighted by Crippen LogP contribution is -2.39. The summed E-state index contributed by atoms with van der Waals surface area (Å²) in [5, 5.41) is 5.35. The van der Waals surface area contributed by atoms with Crippen molar-refractivity contribution in [2.75, 3.05) is 0 Å². The van der Waals surface area contributed by atoms with Crippen LogP contribution in [0.15, 0.2) is 25.3 Å².